The van der Waals surface area contributed by atoms with Gasteiger partial charge in [-0.3, -0.25) is 4.79 Å². The Morgan fingerprint density at radius 2 is 2.25 bits per heavy atom. The summed E-state index contributed by atoms with van der Waals surface area (Å²) < 4.78 is 0. The van der Waals surface area contributed by atoms with Crippen molar-refractivity contribution in [2.45, 2.75) is 12.8 Å². The lowest BCUT2D eigenvalue weighted by Gasteiger charge is -2.03. The van der Waals surface area contributed by atoms with Crippen molar-refractivity contribution in [1.82, 2.24) is 19.9 Å². The van der Waals surface area contributed by atoms with Gasteiger partial charge in [0.2, 0.25) is 5.95 Å². The van der Waals surface area contributed by atoms with Crippen LogP contribution in [0.3, 0.4) is 0 Å². The van der Waals surface area contributed by atoms with Gasteiger partial charge < -0.3 is 15.8 Å². The molecule has 2 heterocycles. The van der Waals surface area contributed by atoms with Crippen LogP contribution in [-0.2, 0) is 6.42 Å². The summed E-state index contributed by atoms with van der Waals surface area (Å²) in [6.07, 6.45) is 2.27. The van der Waals surface area contributed by atoms with E-state index < -0.39 is 0 Å². The van der Waals surface area contributed by atoms with Crippen LogP contribution in [0.2, 0.25) is 0 Å². The monoisotopic (exact) mass is 221 g/mol. The molecule has 4 N–H and O–H groups in total. The fraction of sp³-hybridized carbons (Fsp3) is 0.333. The summed E-state index contributed by atoms with van der Waals surface area (Å²) in [7, 11) is 0. The van der Waals surface area contributed by atoms with Crippen molar-refractivity contribution in [3.8, 4) is 0 Å². The van der Waals surface area contributed by atoms with Crippen molar-refractivity contribution in [1.29, 1.82) is 0 Å². The minimum absolute atomic E-state index is 0.0642. The normalized spacial score (nSPS) is 10.8. The summed E-state index contributed by atoms with van der Waals surface area (Å²) >= 11 is 0. The molecule has 0 aliphatic rings. The van der Waals surface area contributed by atoms with E-state index in [0.717, 1.165) is 0 Å². The Morgan fingerprint density at radius 3 is 3.00 bits per heavy atom. The molecule has 2 rings (SSSR count). The largest absolute Gasteiger partial charge is 0.396 e. The number of H-pyrrole nitrogens is 1. The number of anilines is 1. The molecule has 0 aliphatic heterocycles. The maximum atomic E-state index is 11.1. The quantitative estimate of drug-likeness (QED) is 0.625. The number of hydrogen-bond donors (Lipinski definition) is 3. The first-order chi connectivity index (χ1) is 7.70. The Morgan fingerprint density at radius 1 is 1.44 bits per heavy atom. The molecule has 16 heavy (non-hydrogen) atoms. The van der Waals surface area contributed by atoms with Crippen molar-refractivity contribution in [3.63, 3.8) is 0 Å². The first kappa shape index (κ1) is 10.5. The number of nitrogens with one attached hydrogen (secondary N) is 1. The Hall–Kier alpha value is -2.02. The van der Waals surface area contributed by atoms with Crippen molar-refractivity contribution in [3.05, 3.63) is 22.2 Å². The molecule has 0 atom stereocenters. The zero-order valence-corrected chi connectivity index (χ0v) is 8.47. The predicted octanol–water partition coefficient (Wildman–Crippen LogP) is -0.780. The highest BCUT2D eigenvalue weighted by atomic mass is 16.2. The van der Waals surface area contributed by atoms with Gasteiger partial charge in [0, 0.05) is 6.61 Å². The van der Waals surface area contributed by atoms with Gasteiger partial charge in [0.05, 0.1) is 11.9 Å². The number of aromatic amines is 1. The SMILES string of the molecule is Nc1nc(CCCO)c2ncc(=O)[nH]c2n1. The highest BCUT2D eigenvalue weighted by Crippen LogP contribution is 2.12. The molecule has 0 amide bonds. The topological polar surface area (TPSA) is 118 Å². The van der Waals surface area contributed by atoms with Gasteiger partial charge in [0.1, 0.15) is 5.52 Å². The van der Waals surface area contributed by atoms with Gasteiger partial charge in [-0.2, -0.15) is 4.98 Å². The Balaban J connectivity index is 2.58. The van der Waals surface area contributed by atoms with E-state index in [-0.39, 0.29) is 18.1 Å². The van der Waals surface area contributed by atoms with Crippen LogP contribution in [0.25, 0.3) is 11.2 Å². The van der Waals surface area contributed by atoms with Crippen LogP contribution in [0.5, 0.6) is 0 Å². The highest BCUT2D eigenvalue weighted by Gasteiger charge is 2.07. The Kier molecular flexibility index (Phi) is 2.78. The molecule has 2 aromatic rings. The van der Waals surface area contributed by atoms with Gasteiger partial charge in [0.25, 0.3) is 5.56 Å². The molecule has 2 aromatic heterocycles. The summed E-state index contributed by atoms with van der Waals surface area (Å²) in [6, 6.07) is 0. The number of hydrogen-bond acceptors (Lipinski definition) is 6. The van der Waals surface area contributed by atoms with Crippen LogP contribution in [0.15, 0.2) is 11.0 Å². The molecular formula is C9H11N5O2. The molecule has 0 radical (unpaired) electrons. The van der Waals surface area contributed by atoms with Crippen molar-refractivity contribution in [2.75, 3.05) is 12.3 Å². The van der Waals surface area contributed by atoms with E-state index >= 15 is 0 Å². The summed E-state index contributed by atoms with van der Waals surface area (Å²) in [4.78, 5) is 25.5. The van der Waals surface area contributed by atoms with Crippen molar-refractivity contribution < 1.29 is 5.11 Å². The molecule has 7 heteroatoms. The van der Waals surface area contributed by atoms with E-state index in [2.05, 4.69) is 19.9 Å². The summed E-state index contributed by atoms with van der Waals surface area (Å²) in [5.41, 5.74) is 6.65. The molecular weight excluding hydrogens is 210 g/mol. The molecule has 0 unspecified atom stereocenters. The number of aliphatic hydroxyl groups excluding tert-OH is 1. The smallest absolute Gasteiger partial charge is 0.268 e. The molecule has 0 saturated heterocycles. The molecule has 0 saturated carbocycles. The fourth-order valence-corrected chi connectivity index (χ4v) is 1.44. The van der Waals surface area contributed by atoms with Gasteiger partial charge in [-0.15, -0.1) is 0 Å². The summed E-state index contributed by atoms with van der Waals surface area (Å²) in [6.45, 7) is 0.0642. The fourth-order valence-electron chi connectivity index (χ4n) is 1.44. The lowest BCUT2D eigenvalue weighted by Crippen LogP contribution is -2.10. The van der Waals surface area contributed by atoms with Gasteiger partial charge in [0.15, 0.2) is 5.65 Å². The zero-order valence-electron chi connectivity index (χ0n) is 8.47. The number of rotatable bonds is 3. The van der Waals surface area contributed by atoms with Crippen molar-refractivity contribution >= 4 is 17.1 Å². The minimum Gasteiger partial charge on any atom is -0.396 e. The maximum absolute atomic E-state index is 11.1. The third-order valence-corrected chi connectivity index (χ3v) is 2.10. The van der Waals surface area contributed by atoms with Crippen LogP contribution >= 0.6 is 0 Å². The summed E-state index contributed by atoms with van der Waals surface area (Å²) in [5.74, 6) is 0.0871. The standard InChI is InChI=1S/C9H11N5O2/c10-9-12-5(2-1-3-15)7-8(14-9)13-6(16)4-11-7/h4,15H,1-3H2,(H3,10,12,13,14,16). The lowest BCUT2D eigenvalue weighted by molar-refractivity contribution is 0.288. The number of aliphatic hydroxyl groups is 1. The number of nitrogens with two attached hydrogens (primary N) is 1. The molecule has 0 aromatic carbocycles. The molecule has 0 aliphatic carbocycles. The first-order valence-corrected chi connectivity index (χ1v) is 4.83. The van der Waals surface area contributed by atoms with E-state index in [1.54, 1.807) is 0 Å². The van der Waals surface area contributed by atoms with Crippen LogP contribution < -0.4 is 11.3 Å². The predicted molar refractivity (Wildman–Crippen MR) is 57.8 cm³/mol. The first-order valence-electron chi connectivity index (χ1n) is 4.83. The minimum atomic E-state index is -0.335. The molecule has 0 spiro atoms. The molecule has 0 bridgehead atoms. The van der Waals surface area contributed by atoms with E-state index in [4.69, 9.17) is 10.8 Å². The third kappa shape index (κ3) is 1.98. The second-order valence-corrected chi connectivity index (χ2v) is 3.30. The van der Waals surface area contributed by atoms with Gasteiger partial charge in [-0.1, -0.05) is 0 Å². The molecule has 7 nitrogen and oxygen atoms in total. The number of nitrogen functional groups attached to an aromatic ring is 1. The lowest BCUT2D eigenvalue weighted by atomic mass is 10.2. The van der Waals surface area contributed by atoms with Crippen LogP contribution in [0.4, 0.5) is 5.95 Å². The second kappa shape index (κ2) is 4.23. The number of aryl methyl sites for hydroxylation is 1. The average Bonchev–Trinajstić information content (AvgIpc) is 2.25. The summed E-state index contributed by atoms with van der Waals surface area (Å²) in [5, 5.41) is 8.76. The van der Waals surface area contributed by atoms with Gasteiger partial charge in [-0.05, 0) is 12.8 Å². The van der Waals surface area contributed by atoms with Gasteiger partial charge >= 0.3 is 0 Å². The molecule has 0 fully saturated rings. The van der Waals surface area contributed by atoms with Crippen LogP contribution in [0, 0.1) is 0 Å². The third-order valence-electron chi connectivity index (χ3n) is 2.10. The van der Waals surface area contributed by atoms with Crippen LogP contribution in [0.1, 0.15) is 12.1 Å². The Labute approximate surface area is 90.4 Å². The highest BCUT2D eigenvalue weighted by molar-refractivity contribution is 5.72. The van der Waals surface area contributed by atoms with Crippen LogP contribution in [-0.4, -0.2) is 31.6 Å². The van der Waals surface area contributed by atoms with Crippen molar-refractivity contribution in [2.24, 2.45) is 0 Å². The van der Waals surface area contributed by atoms with Gasteiger partial charge in [-0.25, -0.2) is 9.97 Å². The maximum Gasteiger partial charge on any atom is 0.268 e. The van der Waals surface area contributed by atoms with E-state index in [1.807, 2.05) is 0 Å². The second-order valence-electron chi connectivity index (χ2n) is 3.30. The Bertz CT molecular complexity index is 565. The average molecular weight is 221 g/mol. The van der Waals surface area contributed by atoms with E-state index in [1.165, 1.54) is 6.20 Å². The zero-order chi connectivity index (χ0) is 11.5. The van der Waals surface area contributed by atoms with E-state index in [9.17, 15) is 4.79 Å². The number of fused-ring (bicyclic) bond motifs is 1. The van der Waals surface area contributed by atoms with E-state index in [0.29, 0.717) is 29.7 Å². The number of aromatic nitrogens is 4. The number of nitrogens with zero attached hydrogens (tertiary/aromatic N) is 3. The molecule has 84 valence electrons.